The van der Waals surface area contributed by atoms with Gasteiger partial charge in [-0.15, -0.1) is 0 Å². The molecule has 0 unspecified atom stereocenters. The lowest BCUT2D eigenvalue weighted by Crippen LogP contribution is -2.42. The highest BCUT2D eigenvalue weighted by molar-refractivity contribution is 5.78. The van der Waals surface area contributed by atoms with Gasteiger partial charge in [-0.25, -0.2) is 9.97 Å². The number of fused-ring (bicyclic) bond motifs is 1. The summed E-state index contributed by atoms with van der Waals surface area (Å²) in [4.78, 5) is 22.2. The van der Waals surface area contributed by atoms with E-state index in [2.05, 4.69) is 14.9 Å². The lowest BCUT2D eigenvalue weighted by Gasteiger charge is -2.30. The molecule has 2 aliphatic heterocycles. The first kappa shape index (κ1) is 10.7. The zero-order valence-electron chi connectivity index (χ0n) is 9.80. The first-order chi connectivity index (χ1) is 8.24. The van der Waals surface area contributed by atoms with Crippen molar-refractivity contribution >= 4 is 5.97 Å². The Labute approximate surface area is 99.8 Å². The average Bonchev–Trinajstić information content (AvgIpc) is 2.68. The van der Waals surface area contributed by atoms with Crippen molar-refractivity contribution in [1.29, 1.82) is 0 Å². The third kappa shape index (κ3) is 1.91. The van der Waals surface area contributed by atoms with Crippen molar-refractivity contribution in [2.24, 2.45) is 0 Å². The molecule has 3 heterocycles. The van der Waals surface area contributed by atoms with Crippen molar-refractivity contribution in [3.63, 3.8) is 0 Å². The van der Waals surface area contributed by atoms with Gasteiger partial charge in [0.2, 0.25) is 0 Å². The maximum atomic E-state index is 11.7. The van der Waals surface area contributed by atoms with Gasteiger partial charge in [-0.3, -0.25) is 9.69 Å². The van der Waals surface area contributed by atoms with Crippen LogP contribution >= 0.6 is 0 Å². The zero-order chi connectivity index (χ0) is 11.8. The van der Waals surface area contributed by atoms with Crippen molar-refractivity contribution < 1.29 is 9.53 Å². The van der Waals surface area contributed by atoms with Gasteiger partial charge in [0.15, 0.2) is 0 Å². The number of ether oxygens (including phenoxy) is 1. The van der Waals surface area contributed by atoms with Crippen molar-refractivity contribution in [2.45, 2.75) is 38.5 Å². The smallest absolute Gasteiger partial charge is 0.323 e. The molecule has 90 valence electrons. The van der Waals surface area contributed by atoms with Crippen molar-refractivity contribution in [3.05, 3.63) is 23.8 Å². The van der Waals surface area contributed by atoms with Gasteiger partial charge in [0, 0.05) is 25.7 Å². The Morgan fingerprint density at radius 3 is 3.18 bits per heavy atom. The van der Waals surface area contributed by atoms with E-state index in [1.165, 1.54) is 5.56 Å². The van der Waals surface area contributed by atoms with Gasteiger partial charge >= 0.3 is 5.97 Å². The molecule has 1 aromatic heterocycles. The zero-order valence-corrected chi connectivity index (χ0v) is 9.80. The Bertz CT molecular complexity index is 449. The number of carbonyl (C=O) groups excluding carboxylic acids is 1. The summed E-state index contributed by atoms with van der Waals surface area (Å²) in [5.41, 5.74) is 2.24. The summed E-state index contributed by atoms with van der Waals surface area (Å²) >= 11 is 0. The molecule has 0 spiro atoms. The number of aromatic nitrogens is 2. The molecule has 17 heavy (non-hydrogen) atoms. The van der Waals surface area contributed by atoms with Crippen molar-refractivity contribution in [3.8, 4) is 0 Å². The minimum absolute atomic E-state index is 0.0410. The summed E-state index contributed by atoms with van der Waals surface area (Å²) in [6, 6.07) is -0.0897. The van der Waals surface area contributed by atoms with Gasteiger partial charge in [0.25, 0.3) is 0 Å². The molecule has 2 atom stereocenters. The summed E-state index contributed by atoms with van der Waals surface area (Å²) in [5, 5.41) is 0. The predicted octanol–water partition coefficient (Wildman–Crippen LogP) is 0.539. The van der Waals surface area contributed by atoms with Crippen LogP contribution in [0.3, 0.4) is 0 Å². The summed E-state index contributed by atoms with van der Waals surface area (Å²) in [7, 11) is 0. The van der Waals surface area contributed by atoms with E-state index in [0.29, 0.717) is 0 Å². The molecule has 0 aromatic carbocycles. The summed E-state index contributed by atoms with van der Waals surface area (Å²) in [5.74, 6) is -0.0880. The van der Waals surface area contributed by atoms with E-state index in [1.807, 2.05) is 13.1 Å². The number of carbonyl (C=O) groups is 1. The van der Waals surface area contributed by atoms with E-state index in [4.69, 9.17) is 4.74 Å². The second kappa shape index (κ2) is 4.07. The van der Waals surface area contributed by atoms with E-state index in [1.54, 1.807) is 6.33 Å². The maximum Gasteiger partial charge on any atom is 0.323 e. The molecule has 0 amide bonds. The van der Waals surface area contributed by atoms with Gasteiger partial charge in [-0.05, 0) is 18.9 Å². The molecule has 3 rings (SSSR count). The Morgan fingerprint density at radius 2 is 2.41 bits per heavy atom. The quantitative estimate of drug-likeness (QED) is 0.663. The fraction of sp³-hybridized carbons (Fsp3) is 0.583. The van der Waals surface area contributed by atoms with Crippen LogP contribution in [0.4, 0.5) is 0 Å². The second-order valence-corrected chi connectivity index (χ2v) is 4.71. The molecule has 0 aliphatic carbocycles. The van der Waals surface area contributed by atoms with Crippen LogP contribution in [0, 0.1) is 0 Å². The van der Waals surface area contributed by atoms with E-state index in [9.17, 15) is 4.79 Å². The fourth-order valence-corrected chi connectivity index (χ4v) is 2.57. The number of rotatable bonds is 1. The van der Waals surface area contributed by atoms with Crippen molar-refractivity contribution in [2.75, 3.05) is 6.54 Å². The van der Waals surface area contributed by atoms with Gasteiger partial charge in [-0.1, -0.05) is 0 Å². The van der Waals surface area contributed by atoms with Gasteiger partial charge in [0.05, 0.1) is 5.69 Å². The van der Waals surface area contributed by atoms with Crippen LogP contribution in [0.25, 0.3) is 0 Å². The molecule has 5 nitrogen and oxygen atoms in total. The van der Waals surface area contributed by atoms with Gasteiger partial charge in [-0.2, -0.15) is 0 Å². The number of nitrogens with zero attached hydrogens (tertiary/aromatic N) is 3. The molecule has 1 fully saturated rings. The fourth-order valence-electron chi connectivity index (χ4n) is 2.57. The lowest BCUT2D eigenvalue weighted by molar-refractivity contribution is -0.145. The lowest BCUT2D eigenvalue weighted by atomic mass is 10.0. The Morgan fingerprint density at radius 1 is 1.53 bits per heavy atom. The minimum atomic E-state index is -0.0897. The summed E-state index contributed by atoms with van der Waals surface area (Å²) in [6.07, 6.45) is 5.18. The maximum absolute atomic E-state index is 11.7. The van der Waals surface area contributed by atoms with Gasteiger partial charge < -0.3 is 4.74 Å². The predicted molar refractivity (Wildman–Crippen MR) is 60.1 cm³/mol. The molecule has 0 radical (unpaired) electrons. The molecule has 0 bridgehead atoms. The summed E-state index contributed by atoms with van der Waals surface area (Å²) < 4.78 is 5.20. The highest BCUT2D eigenvalue weighted by Crippen LogP contribution is 2.25. The standard InChI is InChI=1S/C12H15N3O2/c1-8-4-11(12(16)17-8)15-3-2-9-5-13-7-14-10(9)6-15/h5,7-8,11H,2-4,6H2,1H3/t8-,11+/m1/s1. The van der Waals surface area contributed by atoms with Crippen LogP contribution in [0.1, 0.15) is 24.6 Å². The number of hydrogen-bond acceptors (Lipinski definition) is 5. The minimum Gasteiger partial charge on any atom is -0.461 e. The average molecular weight is 233 g/mol. The molecule has 5 heteroatoms. The molecule has 1 saturated heterocycles. The SMILES string of the molecule is C[C@@H]1C[C@H](N2CCc3cncnc3C2)C(=O)O1. The van der Waals surface area contributed by atoms with Crippen LogP contribution in [0.15, 0.2) is 12.5 Å². The first-order valence-electron chi connectivity index (χ1n) is 5.96. The van der Waals surface area contributed by atoms with E-state index in [0.717, 1.165) is 31.6 Å². The molecule has 0 saturated carbocycles. The second-order valence-electron chi connectivity index (χ2n) is 4.71. The molecule has 0 N–H and O–H groups in total. The van der Waals surface area contributed by atoms with E-state index >= 15 is 0 Å². The molecule has 1 aromatic rings. The monoisotopic (exact) mass is 233 g/mol. The topological polar surface area (TPSA) is 55.3 Å². The Kier molecular flexibility index (Phi) is 2.55. The first-order valence-corrected chi connectivity index (χ1v) is 5.96. The van der Waals surface area contributed by atoms with E-state index in [-0.39, 0.29) is 18.1 Å². The van der Waals surface area contributed by atoms with Crippen LogP contribution in [-0.2, 0) is 22.5 Å². The highest BCUT2D eigenvalue weighted by Gasteiger charge is 2.37. The molecular formula is C12H15N3O2. The number of cyclic esters (lactones) is 1. The Balaban J connectivity index is 1.78. The third-order valence-electron chi connectivity index (χ3n) is 3.49. The Hall–Kier alpha value is -1.49. The summed E-state index contributed by atoms with van der Waals surface area (Å²) in [6.45, 7) is 3.55. The largest absolute Gasteiger partial charge is 0.461 e. The van der Waals surface area contributed by atoms with Crippen LogP contribution in [0.2, 0.25) is 0 Å². The number of esters is 1. The van der Waals surface area contributed by atoms with Crippen molar-refractivity contribution in [1.82, 2.24) is 14.9 Å². The van der Waals surface area contributed by atoms with E-state index < -0.39 is 0 Å². The van der Waals surface area contributed by atoms with Crippen LogP contribution in [-0.4, -0.2) is 39.5 Å². The normalized spacial score (nSPS) is 28.9. The third-order valence-corrected chi connectivity index (χ3v) is 3.49. The highest BCUT2D eigenvalue weighted by atomic mass is 16.6. The molecular weight excluding hydrogens is 218 g/mol. The van der Waals surface area contributed by atoms with Crippen LogP contribution in [0.5, 0.6) is 0 Å². The van der Waals surface area contributed by atoms with Crippen LogP contribution < -0.4 is 0 Å². The van der Waals surface area contributed by atoms with Gasteiger partial charge in [0.1, 0.15) is 18.5 Å². The molecule has 2 aliphatic rings. The number of hydrogen-bond donors (Lipinski definition) is 0.